The van der Waals surface area contributed by atoms with Crippen molar-refractivity contribution in [3.05, 3.63) is 24.4 Å². The van der Waals surface area contributed by atoms with Gasteiger partial charge in [0, 0.05) is 12.1 Å². The number of amides is 1. The molecule has 8 nitrogen and oxygen atoms in total. The standard InChI is InChI=1S/C15H22N6O2/c1-11(2)13-6-15(23-19-13)18-14(22)8-20-5-3-4-12(20)7-21-10-16-9-17-21/h6,9-12H,3-5,7-8H2,1-2H3,(H,18,22). The fraction of sp³-hybridized carbons (Fsp3) is 0.600. The highest BCUT2D eigenvalue weighted by atomic mass is 16.5. The zero-order valence-electron chi connectivity index (χ0n) is 13.5. The van der Waals surface area contributed by atoms with Gasteiger partial charge in [-0.2, -0.15) is 5.10 Å². The van der Waals surface area contributed by atoms with E-state index >= 15 is 0 Å². The number of nitrogens with one attached hydrogen (secondary N) is 1. The van der Waals surface area contributed by atoms with Crippen LogP contribution in [0, 0.1) is 0 Å². The molecule has 23 heavy (non-hydrogen) atoms. The summed E-state index contributed by atoms with van der Waals surface area (Å²) in [6.07, 6.45) is 5.39. The highest BCUT2D eigenvalue weighted by molar-refractivity contribution is 5.91. The summed E-state index contributed by atoms with van der Waals surface area (Å²) in [6.45, 7) is 6.08. The average molecular weight is 318 g/mol. The molecular weight excluding hydrogens is 296 g/mol. The Labute approximate surface area is 134 Å². The number of nitrogens with zero attached hydrogens (tertiary/aromatic N) is 5. The predicted octanol–water partition coefficient (Wildman–Crippen LogP) is 1.49. The molecule has 1 atom stereocenters. The predicted molar refractivity (Wildman–Crippen MR) is 83.8 cm³/mol. The lowest BCUT2D eigenvalue weighted by molar-refractivity contribution is -0.117. The maximum atomic E-state index is 12.2. The SMILES string of the molecule is CC(C)c1cc(NC(=O)CN2CCCC2Cn2cncn2)on1. The molecule has 0 aromatic carbocycles. The van der Waals surface area contributed by atoms with E-state index in [2.05, 4.69) is 25.5 Å². The molecule has 8 heteroatoms. The van der Waals surface area contributed by atoms with Crippen molar-refractivity contribution >= 4 is 11.8 Å². The van der Waals surface area contributed by atoms with Crippen molar-refractivity contribution in [2.45, 2.75) is 45.2 Å². The molecule has 2 aromatic heterocycles. The van der Waals surface area contributed by atoms with Crippen molar-refractivity contribution in [2.75, 3.05) is 18.4 Å². The molecule has 0 bridgehead atoms. The van der Waals surface area contributed by atoms with Gasteiger partial charge in [-0.15, -0.1) is 0 Å². The van der Waals surface area contributed by atoms with Crippen molar-refractivity contribution in [3.63, 3.8) is 0 Å². The van der Waals surface area contributed by atoms with E-state index in [4.69, 9.17) is 4.52 Å². The van der Waals surface area contributed by atoms with Gasteiger partial charge in [-0.05, 0) is 25.3 Å². The van der Waals surface area contributed by atoms with E-state index in [1.165, 1.54) is 6.33 Å². The lowest BCUT2D eigenvalue weighted by Crippen LogP contribution is -2.39. The van der Waals surface area contributed by atoms with Gasteiger partial charge in [0.05, 0.1) is 18.8 Å². The zero-order valence-corrected chi connectivity index (χ0v) is 13.5. The fourth-order valence-electron chi connectivity index (χ4n) is 2.83. The Kier molecular flexibility index (Phi) is 4.71. The van der Waals surface area contributed by atoms with Crippen molar-refractivity contribution in [2.24, 2.45) is 0 Å². The minimum atomic E-state index is -0.0815. The van der Waals surface area contributed by atoms with Gasteiger partial charge >= 0.3 is 0 Å². The van der Waals surface area contributed by atoms with E-state index in [1.807, 2.05) is 18.5 Å². The second-order valence-electron chi connectivity index (χ2n) is 6.20. The number of hydrogen-bond donors (Lipinski definition) is 1. The van der Waals surface area contributed by atoms with E-state index in [1.54, 1.807) is 12.4 Å². The van der Waals surface area contributed by atoms with Gasteiger partial charge in [-0.3, -0.25) is 19.7 Å². The van der Waals surface area contributed by atoms with Crippen LogP contribution in [0.1, 0.15) is 38.3 Å². The van der Waals surface area contributed by atoms with Gasteiger partial charge in [0.25, 0.3) is 0 Å². The molecule has 3 heterocycles. The molecule has 1 N–H and O–H groups in total. The lowest BCUT2D eigenvalue weighted by atomic mass is 10.1. The summed E-state index contributed by atoms with van der Waals surface area (Å²) in [5.41, 5.74) is 0.838. The topological polar surface area (TPSA) is 89.1 Å². The third kappa shape index (κ3) is 3.95. The Balaban J connectivity index is 1.53. The van der Waals surface area contributed by atoms with Crippen molar-refractivity contribution in [1.29, 1.82) is 0 Å². The van der Waals surface area contributed by atoms with Crippen molar-refractivity contribution in [3.8, 4) is 0 Å². The van der Waals surface area contributed by atoms with E-state index in [0.717, 1.165) is 31.6 Å². The van der Waals surface area contributed by atoms with Crippen molar-refractivity contribution in [1.82, 2.24) is 24.8 Å². The van der Waals surface area contributed by atoms with Crippen LogP contribution in [0.4, 0.5) is 5.88 Å². The number of rotatable bonds is 6. The lowest BCUT2D eigenvalue weighted by Gasteiger charge is -2.23. The maximum absolute atomic E-state index is 12.2. The Bertz CT molecular complexity index is 636. The smallest absolute Gasteiger partial charge is 0.240 e. The maximum Gasteiger partial charge on any atom is 0.240 e. The monoisotopic (exact) mass is 318 g/mol. The zero-order chi connectivity index (χ0) is 16.2. The number of carbonyl (C=O) groups is 1. The normalized spacial score (nSPS) is 18.7. The third-order valence-corrected chi connectivity index (χ3v) is 4.09. The van der Waals surface area contributed by atoms with Crippen LogP contribution >= 0.6 is 0 Å². The first kappa shape index (κ1) is 15.7. The molecule has 124 valence electrons. The van der Waals surface area contributed by atoms with Gasteiger partial charge in [0.1, 0.15) is 12.7 Å². The largest absolute Gasteiger partial charge is 0.338 e. The van der Waals surface area contributed by atoms with Crippen LogP contribution in [-0.2, 0) is 11.3 Å². The van der Waals surface area contributed by atoms with Gasteiger partial charge in [-0.25, -0.2) is 4.98 Å². The molecule has 1 fully saturated rings. The van der Waals surface area contributed by atoms with Crippen molar-refractivity contribution < 1.29 is 9.32 Å². The van der Waals surface area contributed by atoms with Crippen LogP contribution in [0.3, 0.4) is 0 Å². The van der Waals surface area contributed by atoms with Crippen LogP contribution in [0.5, 0.6) is 0 Å². The second-order valence-corrected chi connectivity index (χ2v) is 6.20. The van der Waals surface area contributed by atoms with E-state index in [0.29, 0.717) is 18.5 Å². The van der Waals surface area contributed by atoms with Gasteiger partial charge < -0.3 is 4.52 Å². The summed E-state index contributed by atoms with van der Waals surface area (Å²) < 4.78 is 6.96. The van der Waals surface area contributed by atoms with Crippen LogP contribution in [-0.4, -0.2) is 49.9 Å². The molecule has 2 aromatic rings. The van der Waals surface area contributed by atoms with Gasteiger partial charge in [-0.1, -0.05) is 19.0 Å². The fourth-order valence-corrected chi connectivity index (χ4v) is 2.83. The Morgan fingerprint density at radius 2 is 2.39 bits per heavy atom. The minimum absolute atomic E-state index is 0.0815. The molecule has 1 saturated heterocycles. The second kappa shape index (κ2) is 6.91. The summed E-state index contributed by atoms with van der Waals surface area (Å²) in [7, 11) is 0. The molecule has 1 amide bonds. The van der Waals surface area contributed by atoms with E-state index in [9.17, 15) is 4.79 Å². The van der Waals surface area contributed by atoms with Crippen LogP contribution in [0.15, 0.2) is 23.2 Å². The van der Waals surface area contributed by atoms with Gasteiger partial charge in [0.15, 0.2) is 0 Å². The van der Waals surface area contributed by atoms with Crippen LogP contribution in [0.25, 0.3) is 0 Å². The number of hydrogen-bond acceptors (Lipinski definition) is 6. The molecule has 0 saturated carbocycles. The first-order valence-corrected chi connectivity index (χ1v) is 7.94. The summed E-state index contributed by atoms with van der Waals surface area (Å²) in [5.74, 6) is 0.600. The molecule has 0 radical (unpaired) electrons. The van der Waals surface area contributed by atoms with E-state index < -0.39 is 0 Å². The number of likely N-dealkylation sites (tertiary alicyclic amines) is 1. The van der Waals surface area contributed by atoms with Crippen LogP contribution < -0.4 is 5.32 Å². The first-order valence-electron chi connectivity index (χ1n) is 7.94. The molecular formula is C15H22N6O2. The quantitative estimate of drug-likeness (QED) is 0.868. The molecule has 0 aliphatic carbocycles. The molecule has 3 rings (SSSR count). The van der Waals surface area contributed by atoms with E-state index in [-0.39, 0.29) is 11.8 Å². The highest BCUT2D eigenvalue weighted by Gasteiger charge is 2.27. The number of carbonyl (C=O) groups excluding carboxylic acids is 1. The molecule has 0 spiro atoms. The summed E-state index contributed by atoms with van der Waals surface area (Å²) in [4.78, 5) is 18.4. The summed E-state index contributed by atoms with van der Waals surface area (Å²) >= 11 is 0. The third-order valence-electron chi connectivity index (χ3n) is 4.09. The Morgan fingerprint density at radius 1 is 1.52 bits per heavy atom. The van der Waals surface area contributed by atoms with Gasteiger partial charge in [0.2, 0.25) is 11.8 Å². The molecule has 1 aliphatic heterocycles. The minimum Gasteiger partial charge on any atom is -0.338 e. The Hall–Kier alpha value is -2.22. The Morgan fingerprint density at radius 3 is 3.09 bits per heavy atom. The molecule has 1 unspecified atom stereocenters. The first-order chi connectivity index (χ1) is 11.1. The summed E-state index contributed by atoms with van der Waals surface area (Å²) in [5, 5.41) is 10.9. The number of aromatic nitrogens is 4. The average Bonchev–Trinajstić information content (AvgIpc) is 3.22. The molecule has 1 aliphatic rings. The van der Waals surface area contributed by atoms with Crippen LogP contribution in [0.2, 0.25) is 0 Å². The highest BCUT2D eigenvalue weighted by Crippen LogP contribution is 2.20. The summed E-state index contributed by atoms with van der Waals surface area (Å²) in [6, 6.07) is 2.09. The number of anilines is 1.